The van der Waals surface area contributed by atoms with Crippen molar-refractivity contribution in [3.63, 3.8) is 0 Å². The summed E-state index contributed by atoms with van der Waals surface area (Å²) in [7, 11) is 4.95. The molecule has 6 nitrogen and oxygen atoms in total. The Balaban J connectivity index is 1.90. The van der Waals surface area contributed by atoms with E-state index in [1.54, 1.807) is 16.8 Å². The van der Waals surface area contributed by atoms with Crippen LogP contribution in [0.15, 0.2) is 24.4 Å². The lowest BCUT2D eigenvalue weighted by Crippen LogP contribution is -2.17. The van der Waals surface area contributed by atoms with Gasteiger partial charge in [0.25, 0.3) is 0 Å². The largest absolute Gasteiger partial charge is 0.502 e. The molecule has 1 aromatic heterocycles. The third-order valence-electron chi connectivity index (χ3n) is 3.20. The van der Waals surface area contributed by atoms with Gasteiger partial charge in [-0.15, -0.1) is 0 Å². The molecule has 0 aliphatic rings. The average molecular weight is 291 g/mol. The molecule has 0 unspecified atom stereocenters. The second-order valence-electron chi connectivity index (χ2n) is 4.76. The van der Waals surface area contributed by atoms with Crippen molar-refractivity contribution >= 4 is 0 Å². The summed E-state index contributed by atoms with van der Waals surface area (Å²) >= 11 is 0. The zero-order valence-corrected chi connectivity index (χ0v) is 12.6. The lowest BCUT2D eigenvalue weighted by Gasteiger charge is -2.11. The fourth-order valence-corrected chi connectivity index (χ4v) is 2.10. The zero-order valence-electron chi connectivity index (χ0n) is 12.6. The quantitative estimate of drug-likeness (QED) is 0.756. The number of hydrogen-bond donors (Lipinski definition) is 2. The molecule has 1 heterocycles. The second-order valence-corrected chi connectivity index (χ2v) is 4.76. The van der Waals surface area contributed by atoms with Crippen LogP contribution >= 0.6 is 0 Å². The summed E-state index contributed by atoms with van der Waals surface area (Å²) in [5.41, 5.74) is 2.05. The van der Waals surface area contributed by atoms with Gasteiger partial charge in [0, 0.05) is 32.8 Å². The maximum absolute atomic E-state index is 9.85. The third kappa shape index (κ3) is 3.88. The van der Waals surface area contributed by atoms with Gasteiger partial charge in [-0.05, 0) is 23.8 Å². The molecule has 2 aromatic rings. The Labute approximate surface area is 124 Å². The van der Waals surface area contributed by atoms with Crippen LogP contribution in [0.5, 0.6) is 17.2 Å². The van der Waals surface area contributed by atoms with Gasteiger partial charge < -0.3 is 19.9 Å². The first-order valence-corrected chi connectivity index (χ1v) is 6.77. The predicted octanol–water partition coefficient (Wildman–Crippen LogP) is 1.48. The Hall–Kier alpha value is -2.21. The molecule has 6 heteroatoms. The summed E-state index contributed by atoms with van der Waals surface area (Å²) < 4.78 is 12.1. The van der Waals surface area contributed by atoms with Gasteiger partial charge in [-0.2, -0.15) is 5.10 Å². The van der Waals surface area contributed by atoms with Crippen LogP contribution in [0.25, 0.3) is 0 Å². The smallest absolute Gasteiger partial charge is 0.200 e. The van der Waals surface area contributed by atoms with Crippen LogP contribution in [-0.2, 0) is 20.0 Å². The summed E-state index contributed by atoms with van der Waals surface area (Å²) in [6.45, 7) is 1.49. The van der Waals surface area contributed by atoms with Crippen molar-refractivity contribution in [3.8, 4) is 17.2 Å². The number of ether oxygens (including phenoxy) is 2. The van der Waals surface area contributed by atoms with E-state index < -0.39 is 0 Å². The van der Waals surface area contributed by atoms with Crippen LogP contribution in [-0.4, -0.2) is 35.7 Å². The number of benzene rings is 1. The van der Waals surface area contributed by atoms with Gasteiger partial charge in [-0.1, -0.05) is 0 Å². The highest BCUT2D eigenvalue weighted by molar-refractivity contribution is 5.52. The van der Waals surface area contributed by atoms with Crippen LogP contribution in [0.3, 0.4) is 0 Å². The van der Waals surface area contributed by atoms with Crippen LogP contribution in [0.4, 0.5) is 0 Å². The molecule has 0 radical (unpaired) electrons. The Morgan fingerprint density at radius 3 is 2.43 bits per heavy atom. The Bertz CT molecular complexity index is 571. The molecule has 0 spiro atoms. The Kier molecular flexibility index (Phi) is 5.05. The molecule has 0 saturated carbocycles. The molecule has 2 rings (SSSR count). The Morgan fingerprint density at radius 2 is 1.90 bits per heavy atom. The van der Waals surface area contributed by atoms with E-state index in [0.29, 0.717) is 18.0 Å². The first kappa shape index (κ1) is 15.2. The molecule has 21 heavy (non-hydrogen) atoms. The van der Waals surface area contributed by atoms with Crippen molar-refractivity contribution in [1.29, 1.82) is 0 Å². The Morgan fingerprint density at radius 1 is 1.24 bits per heavy atom. The third-order valence-corrected chi connectivity index (χ3v) is 3.20. The lowest BCUT2D eigenvalue weighted by molar-refractivity contribution is 0.339. The van der Waals surface area contributed by atoms with Crippen molar-refractivity contribution in [3.05, 3.63) is 35.7 Å². The minimum Gasteiger partial charge on any atom is -0.502 e. The highest BCUT2D eigenvalue weighted by Crippen LogP contribution is 2.36. The van der Waals surface area contributed by atoms with Gasteiger partial charge in [0.15, 0.2) is 11.5 Å². The minimum atomic E-state index is 0.0252. The van der Waals surface area contributed by atoms with E-state index >= 15 is 0 Å². The molecule has 0 saturated heterocycles. The van der Waals surface area contributed by atoms with Crippen LogP contribution < -0.4 is 14.8 Å². The molecule has 0 amide bonds. The molecule has 0 atom stereocenters. The number of aromatic hydroxyl groups is 1. The van der Waals surface area contributed by atoms with Gasteiger partial charge in [0.2, 0.25) is 5.75 Å². The molecule has 1 aromatic carbocycles. The number of nitrogens with one attached hydrogen (secondary N) is 1. The van der Waals surface area contributed by atoms with Gasteiger partial charge in [0.1, 0.15) is 0 Å². The second kappa shape index (κ2) is 6.99. The van der Waals surface area contributed by atoms with Crippen molar-refractivity contribution in [2.45, 2.75) is 13.0 Å². The number of phenols is 1. The molecule has 114 valence electrons. The summed E-state index contributed by atoms with van der Waals surface area (Å²) in [5.74, 6) is 0.851. The average Bonchev–Trinajstić information content (AvgIpc) is 2.90. The summed E-state index contributed by atoms with van der Waals surface area (Å²) in [6, 6.07) is 5.60. The van der Waals surface area contributed by atoms with Gasteiger partial charge in [-0.3, -0.25) is 4.68 Å². The van der Waals surface area contributed by atoms with Crippen molar-refractivity contribution in [2.24, 2.45) is 7.05 Å². The molecule has 0 bridgehead atoms. The van der Waals surface area contributed by atoms with Crippen LogP contribution in [0.2, 0.25) is 0 Å². The van der Waals surface area contributed by atoms with E-state index in [4.69, 9.17) is 9.47 Å². The number of aryl methyl sites for hydroxylation is 1. The number of hydrogen-bond acceptors (Lipinski definition) is 5. The summed E-state index contributed by atoms with van der Waals surface area (Å²) in [4.78, 5) is 0. The number of aromatic nitrogens is 2. The van der Waals surface area contributed by atoms with Crippen molar-refractivity contribution in [1.82, 2.24) is 15.1 Å². The van der Waals surface area contributed by atoms with E-state index in [2.05, 4.69) is 10.4 Å². The topological polar surface area (TPSA) is 68.5 Å². The van der Waals surface area contributed by atoms with Crippen molar-refractivity contribution < 1.29 is 14.6 Å². The number of nitrogens with zero attached hydrogens (tertiary/aromatic N) is 2. The van der Waals surface area contributed by atoms with Gasteiger partial charge in [-0.25, -0.2) is 0 Å². The molecule has 0 aliphatic heterocycles. The maximum Gasteiger partial charge on any atom is 0.200 e. The standard InChI is InChI=1S/C15H21N3O3/c1-18-7-5-12(17-18)4-6-16-10-11-8-13(20-2)15(19)14(9-11)21-3/h5,7-9,16,19H,4,6,10H2,1-3H3. The summed E-state index contributed by atoms with van der Waals surface area (Å²) in [6.07, 6.45) is 2.80. The highest BCUT2D eigenvalue weighted by atomic mass is 16.5. The monoisotopic (exact) mass is 291 g/mol. The first-order chi connectivity index (χ1) is 10.1. The van der Waals surface area contributed by atoms with Crippen LogP contribution in [0.1, 0.15) is 11.3 Å². The summed E-state index contributed by atoms with van der Waals surface area (Å²) in [5, 5.41) is 17.5. The maximum atomic E-state index is 9.85. The van der Waals surface area contributed by atoms with E-state index in [1.165, 1.54) is 14.2 Å². The number of methoxy groups -OCH3 is 2. The normalized spacial score (nSPS) is 10.6. The molecule has 0 aliphatic carbocycles. The molecular formula is C15H21N3O3. The number of rotatable bonds is 7. The lowest BCUT2D eigenvalue weighted by atomic mass is 10.1. The zero-order chi connectivity index (χ0) is 15.2. The highest BCUT2D eigenvalue weighted by Gasteiger charge is 2.10. The molecular weight excluding hydrogens is 270 g/mol. The van der Waals surface area contributed by atoms with Crippen molar-refractivity contribution in [2.75, 3.05) is 20.8 Å². The van der Waals surface area contributed by atoms with Gasteiger partial charge in [0.05, 0.1) is 19.9 Å². The van der Waals surface area contributed by atoms with E-state index in [-0.39, 0.29) is 5.75 Å². The van der Waals surface area contributed by atoms with Gasteiger partial charge >= 0.3 is 0 Å². The predicted molar refractivity (Wildman–Crippen MR) is 79.8 cm³/mol. The minimum absolute atomic E-state index is 0.0252. The van der Waals surface area contributed by atoms with E-state index in [0.717, 1.165) is 24.2 Å². The SMILES string of the molecule is COc1cc(CNCCc2ccn(C)n2)cc(OC)c1O. The van der Waals surface area contributed by atoms with E-state index in [9.17, 15) is 5.11 Å². The number of phenolic OH excluding ortho intramolecular Hbond substituents is 1. The van der Waals surface area contributed by atoms with Crippen LogP contribution in [0, 0.1) is 0 Å². The fourth-order valence-electron chi connectivity index (χ4n) is 2.10. The molecule has 0 fully saturated rings. The van der Waals surface area contributed by atoms with E-state index in [1.807, 2.05) is 19.3 Å². The fraction of sp³-hybridized carbons (Fsp3) is 0.400. The molecule has 2 N–H and O–H groups in total. The first-order valence-electron chi connectivity index (χ1n) is 6.77.